The number of nitrogens with one attached hydrogen (secondary N) is 2. The highest BCUT2D eigenvalue weighted by atomic mass is 16.2. The van der Waals surface area contributed by atoms with Gasteiger partial charge in [-0.3, -0.25) is 4.79 Å². The van der Waals surface area contributed by atoms with Crippen LogP contribution < -0.4 is 10.6 Å². The van der Waals surface area contributed by atoms with Crippen molar-refractivity contribution in [2.24, 2.45) is 0 Å². The Morgan fingerprint density at radius 1 is 1.56 bits per heavy atom. The quantitative estimate of drug-likeness (QED) is 0.816. The summed E-state index contributed by atoms with van der Waals surface area (Å²) in [6.45, 7) is 3.53. The third kappa shape index (κ3) is 3.17. The van der Waals surface area contributed by atoms with Crippen LogP contribution in [0.5, 0.6) is 0 Å². The standard InChI is InChI=1S/C12H15N5O/c1-7-5-10(6-13)17-12(14-7)15-8(2)11(18)16-9-3-4-9/h5,8-9H,3-4H2,1-2H3,(H,16,18)(H,14,15,17). The number of anilines is 1. The highest BCUT2D eigenvalue weighted by molar-refractivity contribution is 5.84. The topological polar surface area (TPSA) is 90.7 Å². The minimum atomic E-state index is -0.418. The summed E-state index contributed by atoms with van der Waals surface area (Å²) in [5.74, 6) is 0.242. The molecule has 1 aromatic heterocycles. The minimum Gasteiger partial charge on any atom is -0.352 e. The summed E-state index contributed by atoms with van der Waals surface area (Å²) in [5.41, 5.74) is 0.985. The zero-order chi connectivity index (χ0) is 13.1. The van der Waals surface area contributed by atoms with E-state index in [2.05, 4.69) is 20.6 Å². The Morgan fingerprint density at radius 3 is 2.89 bits per heavy atom. The van der Waals surface area contributed by atoms with Crippen molar-refractivity contribution in [3.63, 3.8) is 0 Å². The van der Waals surface area contributed by atoms with Gasteiger partial charge in [-0.15, -0.1) is 0 Å². The Balaban J connectivity index is 2.01. The van der Waals surface area contributed by atoms with E-state index in [9.17, 15) is 4.79 Å². The molecule has 1 saturated carbocycles. The molecule has 1 aliphatic carbocycles. The molecule has 0 aromatic carbocycles. The molecule has 0 radical (unpaired) electrons. The van der Waals surface area contributed by atoms with Gasteiger partial charge >= 0.3 is 0 Å². The van der Waals surface area contributed by atoms with Gasteiger partial charge in [0, 0.05) is 11.7 Å². The van der Waals surface area contributed by atoms with Gasteiger partial charge in [0.1, 0.15) is 17.8 Å². The van der Waals surface area contributed by atoms with Gasteiger partial charge in [0.05, 0.1) is 0 Å². The van der Waals surface area contributed by atoms with Crippen molar-refractivity contribution < 1.29 is 4.79 Å². The number of nitriles is 1. The summed E-state index contributed by atoms with van der Waals surface area (Å²) in [5, 5.41) is 14.6. The molecule has 0 spiro atoms. The first-order chi connectivity index (χ1) is 8.58. The molecule has 0 saturated heterocycles. The summed E-state index contributed by atoms with van der Waals surface area (Å²) in [6.07, 6.45) is 2.11. The van der Waals surface area contributed by atoms with Gasteiger partial charge in [0.2, 0.25) is 11.9 Å². The largest absolute Gasteiger partial charge is 0.352 e. The van der Waals surface area contributed by atoms with Crippen LogP contribution in [0.15, 0.2) is 6.07 Å². The van der Waals surface area contributed by atoms with E-state index in [0.29, 0.717) is 23.4 Å². The van der Waals surface area contributed by atoms with E-state index >= 15 is 0 Å². The molecular formula is C12H15N5O. The van der Waals surface area contributed by atoms with Crippen LogP contribution in [0.25, 0.3) is 0 Å². The van der Waals surface area contributed by atoms with Crippen molar-refractivity contribution in [3.05, 3.63) is 17.5 Å². The van der Waals surface area contributed by atoms with Gasteiger partial charge in [-0.2, -0.15) is 5.26 Å². The molecule has 1 heterocycles. The second kappa shape index (κ2) is 5.00. The Kier molecular flexibility index (Phi) is 3.42. The molecule has 1 fully saturated rings. The average Bonchev–Trinajstić information content (AvgIpc) is 3.11. The fraction of sp³-hybridized carbons (Fsp3) is 0.500. The highest BCUT2D eigenvalue weighted by Crippen LogP contribution is 2.18. The van der Waals surface area contributed by atoms with Gasteiger partial charge in [0.25, 0.3) is 0 Å². The third-order valence-corrected chi connectivity index (χ3v) is 2.63. The molecule has 2 rings (SSSR count). The van der Waals surface area contributed by atoms with E-state index in [1.807, 2.05) is 6.07 Å². The van der Waals surface area contributed by atoms with E-state index in [0.717, 1.165) is 12.8 Å². The number of aromatic nitrogens is 2. The SMILES string of the molecule is Cc1cc(C#N)nc(NC(C)C(=O)NC2CC2)n1. The Bertz CT molecular complexity index is 504. The smallest absolute Gasteiger partial charge is 0.242 e. The summed E-state index contributed by atoms with van der Waals surface area (Å²) in [4.78, 5) is 19.9. The van der Waals surface area contributed by atoms with Crippen molar-refractivity contribution >= 4 is 11.9 Å². The van der Waals surface area contributed by atoms with E-state index in [-0.39, 0.29) is 5.91 Å². The summed E-state index contributed by atoms with van der Waals surface area (Å²) in [6, 6.07) is 3.47. The first-order valence-electron chi connectivity index (χ1n) is 5.91. The maximum Gasteiger partial charge on any atom is 0.242 e. The van der Waals surface area contributed by atoms with Crippen molar-refractivity contribution in [1.29, 1.82) is 5.26 Å². The molecule has 6 heteroatoms. The van der Waals surface area contributed by atoms with Crippen LogP contribution in [-0.2, 0) is 4.79 Å². The molecule has 18 heavy (non-hydrogen) atoms. The molecule has 0 aliphatic heterocycles. The maximum atomic E-state index is 11.7. The average molecular weight is 245 g/mol. The molecule has 0 bridgehead atoms. The fourth-order valence-electron chi connectivity index (χ4n) is 1.50. The minimum absolute atomic E-state index is 0.0684. The van der Waals surface area contributed by atoms with Crippen LogP contribution in [0, 0.1) is 18.3 Å². The molecule has 1 amide bonds. The lowest BCUT2D eigenvalue weighted by Crippen LogP contribution is -2.39. The molecule has 6 nitrogen and oxygen atoms in total. The molecular weight excluding hydrogens is 230 g/mol. The van der Waals surface area contributed by atoms with E-state index in [1.54, 1.807) is 19.9 Å². The Hall–Kier alpha value is -2.16. The zero-order valence-corrected chi connectivity index (χ0v) is 10.4. The van der Waals surface area contributed by atoms with E-state index in [1.165, 1.54) is 0 Å². The normalized spacial score (nSPS) is 15.6. The summed E-state index contributed by atoms with van der Waals surface area (Å²) in [7, 11) is 0. The zero-order valence-electron chi connectivity index (χ0n) is 10.4. The van der Waals surface area contributed by atoms with Crippen molar-refractivity contribution in [2.45, 2.75) is 38.8 Å². The Morgan fingerprint density at radius 2 is 2.28 bits per heavy atom. The highest BCUT2D eigenvalue weighted by Gasteiger charge is 2.25. The van der Waals surface area contributed by atoms with Gasteiger partial charge in [0.15, 0.2) is 0 Å². The van der Waals surface area contributed by atoms with Gasteiger partial charge in [-0.1, -0.05) is 0 Å². The van der Waals surface area contributed by atoms with E-state index in [4.69, 9.17) is 5.26 Å². The number of rotatable bonds is 4. The molecule has 2 N–H and O–H groups in total. The lowest BCUT2D eigenvalue weighted by Gasteiger charge is -2.13. The number of carbonyl (C=O) groups is 1. The van der Waals surface area contributed by atoms with Crippen LogP contribution in [0.3, 0.4) is 0 Å². The summed E-state index contributed by atoms with van der Waals surface area (Å²) >= 11 is 0. The predicted octanol–water partition coefficient (Wildman–Crippen LogP) is 0.736. The second-order valence-electron chi connectivity index (χ2n) is 4.48. The van der Waals surface area contributed by atoms with Crippen molar-refractivity contribution in [1.82, 2.24) is 15.3 Å². The lowest BCUT2D eigenvalue weighted by molar-refractivity contribution is -0.121. The molecule has 1 aliphatic rings. The van der Waals surface area contributed by atoms with Crippen LogP contribution in [-0.4, -0.2) is 28.0 Å². The van der Waals surface area contributed by atoms with Crippen LogP contribution in [0.1, 0.15) is 31.2 Å². The predicted molar refractivity (Wildman–Crippen MR) is 65.7 cm³/mol. The number of aryl methyl sites for hydroxylation is 1. The molecule has 1 aromatic rings. The number of hydrogen-bond acceptors (Lipinski definition) is 5. The second-order valence-corrected chi connectivity index (χ2v) is 4.48. The molecule has 1 atom stereocenters. The maximum absolute atomic E-state index is 11.7. The van der Waals surface area contributed by atoms with Gasteiger partial charge < -0.3 is 10.6 Å². The van der Waals surface area contributed by atoms with Crippen molar-refractivity contribution in [3.8, 4) is 6.07 Å². The van der Waals surface area contributed by atoms with Gasteiger partial charge in [-0.25, -0.2) is 9.97 Å². The number of nitrogens with zero attached hydrogens (tertiary/aromatic N) is 3. The molecule has 1 unspecified atom stereocenters. The molecule has 94 valence electrons. The first kappa shape index (κ1) is 12.3. The number of carbonyl (C=O) groups excluding carboxylic acids is 1. The number of hydrogen-bond donors (Lipinski definition) is 2. The lowest BCUT2D eigenvalue weighted by atomic mass is 10.3. The first-order valence-corrected chi connectivity index (χ1v) is 5.91. The number of amides is 1. The van der Waals surface area contributed by atoms with Crippen molar-refractivity contribution in [2.75, 3.05) is 5.32 Å². The van der Waals surface area contributed by atoms with E-state index < -0.39 is 6.04 Å². The third-order valence-electron chi connectivity index (χ3n) is 2.63. The Labute approximate surface area is 105 Å². The monoisotopic (exact) mass is 245 g/mol. The van der Waals surface area contributed by atoms with Crippen LogP contribution >= 0.6 is 0 Å². The van der Waals surface area contributed by atoms with Crippen LogP contribution in [0.2, 0.25) is 0 Å². The van der Waals surface area contributed by atoms with Crippen LogP contribution in [0.4, 0.5) is 5.95 Å². The van der Waals surface area contributed by atoms with Gasteiger partial charge in [-0.05, 0) is 32.8 Å². The summed E-state index contributed by atoms with van der Waals surface area (Å²) < 4.78 is 0. The fourth-order valence-corrected chi connectivity index (χ4v) is 1.50.